The minimum absolute atomic E-state index is 0.00838. The van der Waals surface area contributed by atoms with Crippen LogP contribution in [0.25, 0.3) is 0 Å². The highest BCUT2D eigenvalue weighted by Crippen LogP contribution is 2.18. The second kappa shape index (κ2) is 5.56. The number of rotatable bonds is 1. The molecule has 0 saturated carbocycles. The molecule has 0 aliphatic carbocycles. The lowest BCUT2D eigenvalue weighted by atomic mass is 9.98. The molecule has 1 atom stereocenters. The first-order chi connectivity index (χ1) is 8.58. The van der Waals surface area contributed by atoms with E-state index >= 15 is 0 Å². The van der Waals surface area contributed by atoms with Gasteiger partial charge in [-0.3, -0.25) is 4.79 Å². The largest absolute Gasteiger partial charge is 0.481 e. The van der Waals surface area contributed by atoms with Crippen molar-refractivity contribution < 1.29 is 14.7 Å². The Hall–Kier alpha value is -1.30. The SMILES string of the molecule is CN1CCN(C(=O)N2CCC[C@H](C(=O)O)C2)CC1. The van der Waals surface area contributed by atoms with Crippen molar-refractivity contribution in [3.05, 3.63) is 0 Å². The fourth-order valence-electron chi connectivity index (χ4n) is 2.55. The van der Waals surface area contributed by atoms with Crippen LogP contribution in [0, 0.1) is 5.92 Å². The quantitative estimate of drug-likeness (QED) is 0.724. The molecule has 0 aromatic carbocycles. The number of carboxylic acid groups (broad SMARTS) is 1. The predicted octanol–water partition coefficient (Wildman–Crippen LogP) is 0.150. The van der Waals surface area contributed by atoms with Crippen molar-refractivity contribution in [2.24, 2.45) is 5.92 Å². The standard InChI is InChI=1S/C12H21N3O3/c1-13-5-7-14(8-6-13)12(18)15-4-2-3-10(9-15)11(16)17/h10H,2-9H2,1H3,(H,16,17)/t10-/m0/s1. The maximum Gasteiger partial charge on any atom is 0.320 e. The van der Waals surface area contributed by atoms with Crippen LogP contribution in [0.3, 0.4) is 0 Å². The van der Waals surface area contributed by atoms with Gasteiger partial charge in [0.05, 0.1) is 5.92 Å². The first-order valence-electron chi connectivity index (χ1n) is 6.53. The first kappa shape index (κ1) is 13.1. The maximum absolute atomic E-state index is 12.3. The van der Waals surface area contributed by atoms with E-state index in [9.17, 15) is 9.59 Å². The molecule has 2 aliphatic rings. The molecule has 0 unspecified atom stereocenters. The zero-order valence-corrected chi connectivity index (χ0v) is 10.8. The van der Waals surface area contributed by atoms with Crippen LogP contribution in [0.4, 0.5) is 4.79 Å². The van der Waals surface area contributed by atoms with Gasteiger partial charge in [-0.2, -0.15) is 0 Å². The third-order valence-corrected chi connectivity index (χ3v) is 3.81. The number of hydrogen-bond acceptors (Lipinski definition) is 3. The summed E-state index contributed by atoms with van der Waals surface area (Å²) in [4.78, 5) is 29.0. The molecule has 0 radical (unpaired) electrons. The van der Waals surface area contributed by atoms with Crippen molar-refractivity contribution in [1.29, 1.82) is 0 Å². The van der Waals surface area contributed by atoms with E-state index in [1.54, 1.807) is 4.90 Å². The minimum Gasteiger partial charge on any atom is -0.481 e. The summed E-state index contributed by atoms with van der Waals surface area (Å²) in [5.74, 6) is -1.18. The van der Waals surface area contributed by atoms with Gasteiger partial charge in [0.15, 0.2) is 0 Å². The fourth-order valence-corrected chi connectivity index (χ4v) is 2.55. The number of likely N-dealkylation sites (N-methyl/N-ethyl adjacent to an activating group) is 1. The number of carboxylic acids is 1. The lowest BCUT2D eigenvalue weighted by Crippen LogP contribution is -2.54. The zero-order chi connectivity index (χ0) is 13.1. The van der Waals surface area contributed by atoms with Crippen molar-refractivity contribution in [2.45, 2.75) is 12.8 Å². The molecule has 2 heterocycles. The Kier molecular flexibility index (Phi) is 4.06. The van der Waals surface area contributed by atoms with Crippen LogP contribution in [-0.2, 0) is 4.79 Å². The van der Waals surface area contributed by atoms with E-state index in [0.717, 1.165) is 32.6 Å². The number of piperazine rings is 1. The highest BCUT2D eigenvalue weighted by atomic mass is 16.4. The highest BCUT2D eigenvalue weighted by Gasteiger charge is 2.31. The smallest absolute Gasteiger partial charge is 0.320 e. The van der Waals surface area contributed by atoms with Crippen LogP contribution in [0.2, 0.25) is 0 Å². The lowest BCUT2D eigenvalue weighted by Gasteiger charge is -2.38. The molecule has 18 heavy (non-hydrogen) atoms. The first-order valence-corrected chi connectivity index (χ1v) is 6.53. The van der Waals surface area contributed by atoms with Crippen LogP contribution in [-0.4, -0.2) is 78.1 Å². The normalized spacial score (nSPS) is 26.2. The summed E-state index contributed by atoms with van der Waals surface area (Å²) in [6.07, 6.45) is 1.47. The molecule has 1 N–H and O–H groups in total. The van der Waals surface area contributed by atoms with Crippen LogP contribution < -0.4 is 0 Å². The Morgan fingerprint density at radius 1 is 1.06 bits per heavy atom. The van der Waals surface area contributed by atoms with E-state index in [2.05, 4.69) is 4.90 Å². The number of likely N-dealkylation sites (tertiary alicyclic amines) is 1. The van der Waals surface area contributed by atoms with Crippen molar-refractivity contribution >= 4 is 12.0 Å². The molecule has 6 heteroatoms. The number of piperidine rings is 1. The second-order valence-electron chi connectivity index (χ2n) is 5.20. The molecule has 102 valence electrons. The second-order valence-corrected chi connectivity index (χ2v) is 5.20. The van der Waals surface area contributed by atoms with Crippen LogP contribution in [0.15, 0.2) is 0 Å². The average Bonchev–Trinajstić information content (AvgIpc) is 2.39. The molecule has 2 saturated heterocycles. The van der Waals surface area contributed by atoms with Gasteiger partial charge in [-0.05, 0) is 19.9 Å². The molecule has 0 aromatic rings. The Morgan fingerprint density at radius 3 is 2.33 bits per heavy atom. The van der Waals surface area contributed by atoms with Crippen molar-refractivity contribution in [3.8, 4) is 0 Å². The van der Waals surface area contributed by atoms with Gasteiger partial charge in [0.25, 0.3) is 0 Å². The zero-order valence-electron chi connectivity index (χ0n) is 10.8. The number of carbonyl (C=O) groups excluding carboxylic acids is 1. The van der Waals surface area contributed by atoms with Crippen LogP contribution in [0.1, 0.15) is 12.8 Å². The van der Waals surface area contributed by atoms with Gasteiger partial charge in [-0.25, -0.2) is 4.79 Å². The van der Waals surface area contributed by atoms with E-state index in [4.69, 9.17) is 5.11 Å². The Morgan fingerprint density at radius 2 is 1.72 bits per heavy atom. The van der Waals surface area contributed by atoms with Crippen LogP contribution >= 0.6 is 0 Å². The van der Waals surface area contributed by atoms with E-state index < -0.39 is 11.9 Å². The number of nitrogens with zero attached hydrogens (tertiary/aromatic N) is 3. The minimum atomic E-state index is -0.786. The number of urea groups is 1. The maximum atomic E-state index is 12.3. The number of aliphatic carboxylic acids is 1. The summed E-state index contributed by atoms with van der Waals surface area (Å²) in [6.45, 7) is 4.31. The molecule has 2 fully saturated rings. The van der Waals surface area contributed by atoms with E-state index in [-0.39, 0.29) is 6.03 Å². The van der Waals surface area contributed by atoms with Gasteiger partial charge in [-0.15, -0.1) is 0 Å². The van der Waals surface area contributed by atoms with Gasteiger partial charge in [0, 0.05) is 39.3 Å². The van der Waals surface area contributed by atoms with Gasteiger partial charge in [0.1, 0.15) is 0 Å². The number of amides is 2. The van der Waals surface area contributed by atoms with Gasteiger partial charge < -0.3 is 19.8 Å². The average molecular weight is 255 g/mol. The van der Waals surface area contributed by atoms with E-state index in [1.807, 2.05) is 11.9 Å². The summed E-state index contributed by atoms with van der Waals surface area (Å²) in [7, 11) is 2.04. The Labute approximate surface area is 107 Å². The van der Waals surface area contributed by atoms with Gasteiger partial charge >= 0.3 is 12.0 Å². The molecule has 2 rings (SSSR count). The van der Waals surface area contributed by atoms with Gasteiger partial charge in [-0.1, -0.05) is 0 Å². The highest BCUT2D eigenvalue weighted by molar-refractivity contribution is 5.76. The Bertz CT molecular complexity index is 327. The lowest BCUT2D eigenvalue weighted by molar-refractivity contribution is -0.143. The predicted molar refractivity (Wildman–Crippen MR) is 66.4 cm³/mol. The topological polar surface area (TPSA) is 64.1 Å². The molecular weight excluding hydrogens is 234 g/mol. The molecule has 0 spiro atoms. The molecular formula is C12H21N3O3. The Balaban J connectivity index is 1.90. The van der Waals surface area contributed by atoms with Crippen molar-refractivity contribution in [3.63, 3.8) is 0 Å². The van der Waals surface area contributed by atoms with Crippen molar-refractivity contribution in [1.82, 2.24) is 14.7 Å². The third kappa shape index (κ3) is 2.93. The third-order valence-electron chi connectivity index (χ3n) is 3.81. The molecule has 6 nitrogen and oxygen atoms in total. The number of hydrogen-bond donors (Lipinski definition) is 1. The summed E-state index contributed by atoms with van der Waals surface area (Å²) >= 11 is 0. The van der Waals surface area contributed by atoms with Gasteiger partial charge in [0.2, 0.25) is 0 Å². The molecule has 0 aromatic heterocycles. The summed E-state index contributed by atoms with van der Waals surface area (Å²) in [5.41, 5.74) is 0. The van der Waals surface area contributed by atoms with Crippen LogP contribution in [0.5, 0.6) is 0 Å². The summed E-state index contributed by atoms with van der Waals surface area (Å²) < 4.78 is 0. The van der Waals surface area contributed by atoms with Crippen molar-refractivity contribution in [2.75, 3.05) is 46.3 Å². The van der Waals surface area contributed by atoms with E-state index in [1.165, 1.54) is 0 Å². The monoisotopic (exact) mass is 255 g/mol. The summed E-state index contributed by atoms with van der Waals surface area (Å²) in [6, 6.07) is 0.00838. The molecule has 2 amide bonds. The van der Waals surface area contributed by atoms with E-state index in [0.29, 0.717) is 19.5 Å². The molecule has 0 bridgehead atoms. The molecule has 2 aliphatic heterocycles. The summed E-state index contributed by atoms with van der Waals surface area (Å²) in [5, 5.41) is 9.02. The fraction of sp³-hybridized carbons (Fsp3) is 0.833. The number of carbonyl (C=O) groups is 2.